The average molecular weight is 281 g/mol. The van der Waals surface area contributed by atoms with Crippen LogP contribution in [0.2, 0.25) is 0 Å². The Morgan fingerprint density at radius 3 is 2.27 bits per heavy atom. The molecule has 1 aromatic heterocycles. The third-order valence-electron chi connectivity index (χ3n) is 2.54. The number of alkyl halides is 1. The summed E-state index contributed by atoms with van der Waals surface area (Å²) < 4.78 is 0. The van der Waals surface area contributed by atoms with Crippen LogP contribution in [0, 0.1) is 13.8 Å². The van der Waals surface area contributed by atoms with Gasteiger partial charge in [0.25, 0.3) is 0 Å². The molecule has 0 amide bonds. The Hall–Kier alpha value is -0.600. The molecule has 2 heteroatoms. The molecule has 1 unspecified atom stereocenters. The second-order valence-corrected chi connectivity index (χ2v) is 5.44. The van der Waals surface area contributed by atoms with E-state index in [1.54, 1.807) is 11.3 Å². The largest absolute Gasteiger partial charge is 0.152 e. The van der Waals surface area contributed by atoms with Gasteiger partial charge in [0.2, 0.25) is 0 Å². The lowest BCUT2D eigenvalue weighted by atomic mass is 10.0. The Balaban J connectivity index is 2.32. The van der Waals surface area contributed by atoms with Crippen LogP contribution in [0.4, 0.5) is 0 Å². The highest BCUT2D eigenvalue weighted by atomic mass is 79.9. The molecule has 0 fully saturated rings. The van der Waals surface area contributed by atoms with Crippen LogP contribution in [0.3, 0.4) is 0 Å². The fourth-order valence-electron chi connectivity index (χ4n) is 1.54. The number of benzene rings is 1. The lowest BCUT2D eigenvalue weighted by molar-refractivity contribution is 1.16. The molecular weight excluding hydrogens is 268 g/mol. The van der Waals surface area contributed by atoms with Gasteiger partial charge in [0.15, 0.2) is 0 Å². The second-order valence-electron chi connectivity index (χ2n) is 3.78. The smallest absolute Gasteiger partial charge is 0.0655 e. The first-order valence-corrected chi connectivity index (χ1v) is 6.77. The van der Waals surface area contributed by atoms with Gasteiger partial charge in [-0.1, -0.05) is 45.8 Å². The van der Waals surface area contributed by atoms with E-state index >= 15 is 0 Å². The van der Waals surface area contributed by atoms with E-state index in [0.717, 1.165) is 0 Å². The first kappa shape index (κ1) is 10.9. The van der Waals surface area contributed by atoms with Crippen LogP contribution in [0.1, 0.15) is 27.1 Å². The molecule has 0 saturated carbocycles. The molecule has 0 saturated heterocycles. The minimum atomic E-state index is 0.323. The SMILES string of the molecule is Cc1ccc(C(Br)c2cscc2C)cc1. The van der Waals surface area contributed by atoms with Crippen molar-refractivity contribution < 1.29 is 0 Å². The summed E-state index contributed by atoms with van der Waals surface area (Å²) in [4.78, 5) is 0.323. The first-order valence-electron chi connectivity index (χ1n) is 4.92. The predicted octanol–water partition coefficient (Wildman–Crippen LogP) is 4.85. The Bertz CT molecular complexity index is 442. The lowest BCUT2D eigenvalue weighted by Crippen LogP contribution is -1.92. The van der Waals surface area contributed by atoms with Crippen molar-refractivity contribution in [3.8, 4) is 0 Å². The lowest BCUT2D eigenvalue weighted by Gasteiger charge is -2.10. The molecule has 15 heavy (non-hydrogen) atoms. The Morgan fingerprint density at radius 1 is 1.07 bits per heavy atom. The summed E-state index contributed by atoms with van der Waals surface area (Å²) in [6.07, 6.45) is 0. The average Bonchev–Trinajstić information content (AvgIpc) is 2.65. The molecule has 1 atom stereocenters. The summed E-state index contributed by atoms with van der Waals surface area (Å²) in [7, 11) is 0. The van der Waals surface area contributed by atoms with Crippen molar-refractivity contribution in [2.45, 2.75) is 18.7 Å². The number of aryl methyl sites for hydroxylation is 2. The topological polar surface area (TPSA) is 0 Å². The molecule has 0 spiro atoms. The number of halogens is 1. The highest BCUT2D eigenvalue weighted by Crippen LogP contribution is 2.34. The van der Waals surface area contributed by atoms with E-state index in [2.05, 4.69) is 64.8 Å². The van der Waals surface area contributed by atoms with Crippen LogP contribution in [-0.2, 0) is 0 Å². The van der Waals surface area contributed by atoms with Gasteiger partial charge in [0, 0.05) is 0 Å². The van der Waals surface area contributed by atoms with Crippen molar-refractivity contribution in [1.82, 2.24) is 0 Å². The van der Waals surface area contributed by atoms with Crippen LogP contribution >= 0.6 is 27.3 Å². The highest BCUT2D eigenvalue weighted by Gasteiger charge is 2.12. The molecule has 0 radical (unpaired) electrons. The van der Waals surface area contributed by atoms with Gasteiger partial charge in [-0.2, -0.15) is 11.3 Å². The first-order chi connectivity index (χ1) is 7.18. The fraction of sp³-hybridized carbons (Fsp3) is 0.231. The van der Waals surface area contributed by atoms with Crippen LogP contribution in [0.5, 0.6) is 0 Å². The summed E-state index contributed by atoms with van der Waals surface area (Å²) in [6, 6.07) is 8.69. The Morgan fingerprint density at radius 2 is 1.73 bits per heavy atom. The van der Waals surface area contributed by atoms with Crippen LogP contribution in [0.15, 0.2) is 35.0 Å². The molecule has 0 aliphatic rings. The fourth-order valence-corrected chi connectivity index (χ4v) is 3.40. The molecular formula is C13H13BrS. The minimum absolute atomic E-state index is 0.323. The molecule has 0 aliphatic carbocycles. The van der Waals surface area contributed by atoms with Gasteiger partial charge in [-0.15, -0.1) is 0 Å². The highest BCUT2D eigenvalue weighted by molar-refractivity contribution is 9.09. The maximum atomic E-state index is 3.76. The summed E-state index contributed by atoms with van der Waals surface area (Å²) in [5, 5.41) is 4.41. The van der Waals surface area contributed by atoms with E-state index in [0.29, 0.717) is 4.83 Å². The molecule has 0 aliphatic heterocycles. The van der Waals surface area contributed by atoms with Crippen LogP contribution < -0.4 is 0 Å². The van der Waals surface area contributed by atoms with Gasteiger partial charge in [-0.05, 0) is 41.3 Å². The normalized spacial score (nSPS) is 12.7. The van der Waals surface area contributed by atoms with Gasteiger partial charge in [-0.25, -0.2) is 0 Å². The maximum Gasteiger partial charge on any atom is 0.0655 e. The predicted molar refractivity (Wildman–Crippen MR) is 71.0 cm³/mol. The summed E-state index contributed by atoms with van der Waals surface area (Å²) in [5.74, 6) is 0. The second kappa shape index (κ2) is 4.50. The van der Waals surface area contributed by atoms with E-state index in [1.165, 1.54) is 22.3 Å². The van der Waals surface area contributed by atoms with Crippen molar-refractivity contribution in [1.29, 1.82) is 0 Å². The molecule has 0 N–H and O–H groups in total. The Labute approximate surface area is 103 Å². The van der Waals surface area contributed by atoms with Gasteiger partial charge >= 0.3 is 0 Å². The minimum Gasteiger partial charge on any atom is -0.152 e. The van der Waals surface area contributed by atoms with E-state index in [4.69, 9.17) is 0 Å². The number of thiophene rings is 1. The van der Waals surface area contributed by atoms with Gasteiger partial charge in [0.05, 0.1) is 4.83 Å². The zero-order valence-corrected chi connectivity index (χ0v) is 11.2. The summed E-state index contributed by atoms with van der Waals surface area (Å²) in [6.45, 7) is 4.27. The van der Waals surface area contributed by atoms with Gasteiger partial charge in [-0.3, -0.25) is 0 Å². The van der Waals surface area contributed by atoms with Crippen molar-refractivity contribution in [3.63, 3.8) is 0 Å². The van der Waals surface area contributed by atoms with Crippen LogP contribution in [0.25, 0.3) is 0 Å². The standard InChI is InChI=1S/C13H13BrS/c1-9-3-5-11(6-4-9)13(14)12-8-15-7-10(12)2/h3-8,13H,1-2H3. The number of hydrogen-bond donors (Lipinski definition) is 0. The maximum absolute atomic E-state index is 3.76. The van der Waals surface area contributed by atoms with E-state index < -0.39 is 0 Å². The van der Waals surface area contributed by atoms with Crippen molar-refractivity contribution in [2.24, 2.45) is 0 Å². The van der Waals surface area contributed by atoms with Crippen molar-refractivity contribution in [2.75, 3.05) is 0 Å². The van der Waals surface area contributed by atoms with E-state index in [-0.39, 0.29) is 0 Å². The quantitative estimate of drug-likeness (QED) is 0.690. The summed E-state index contributed by atoms with van der Waals surface area (Å²) >= 11 is 5.52. The molecule has 78 valence electrons. The molecule has 1 aromatic carbocycles. The monoisotopic (exact) mass is 280 g/mol. The molecule has 1 heterocycles. The van der Waals surface area contributed by atoms with Gasteiger partial charge in [0.1, 0.15) is 0 Å². The summed E-state index contributed by atoms with van der Waals surface area (Å²) in [5.41, 5.74) is 5.37. The van der Waals surface area contributed by atoms with E-state index in [9.17, 15) is 0 Å². The molecule has 2 aromatic rings. The van der Waals surface area contributed by atoms with Crippen molar-refractivity contribution in [3.05, 3.63) is 57.3 Å². The van der Waals surface area contributed by atoms with Gasteiger partial charge < -0.3 is 0 Å². The van der Waals surface area contributed by atoms with E-state index in [1.807, 2.05) is 0 Å². The molecule has 2 rings (SSSR count). The number of hydrogen-bond acceptors (Lipinski definition) is 1. The zero-order chi connectivity index (χ0) is 10.8. The number of rotatable bonds is 2. The molecule has 0 bridgehead atoms. The zero-order valence-electron chi connectivity index (χ0n) is 8.83. The Kier molecular flexibility index (Phi) is 3.27. The third kappa shape index (κ3) is 2.32. The van der Waals surface area contributed by atoms with Crippen molar-refractivity contribution >= 4 is 27.3 Å². The van der Waals surface area contributed by atoms with Crippen LogP contribution in [-0.4, -0.2) is 0 Å². The molecule has 0 nitrogen and oxygen atoms in total. The third-order valence-corrected chi connectivity index (χ3v) is 4.44.